The summed E-state index contributed by atoms with van der Waals surface area (Å²) in [5.41, 5.74) is 9.05. The van der Waals surface area contributed by atoms with Gasteiger partial charge in [-0.2, -0.15) is 8.42 Å². The molecule has 49 heavy (non-hydrogen) atoms. The predicted octanol–water partition coefficient (Wildman–Crippen LogP) is 6.86. The van der Waals surface area contributed by atoms with Gasteiger partial charge in [-0.15, -0.1) is 0 Å². The molecule has 260 valence electrons. The maximum atomic E-state index is 12.6. The van der Waals surface area contributed by atoms with Gasteiger partial charge in [-0.25, -0.2) is 0 Å². The third-order valence-corrected chi connectivity index (χ3v) is 9.39. The van der Waals surface area contributed by atoms with E-state index in [1.807, 2.05) is 77.7 Å². The number of methoxy groups -OCH3 is 2. The molecule has 2 saturated heterocycles. The van der Waals surface area contributed by atoms with Gasteiger partial charge in [0.15, 0.2) is 6.10 Å². The molecule has 0 aliphatic carbocycles. The van der Waals surface area contributed by atoms with Crippen LogP contribution in [0.5, 0.6) is 11.5 Å². The van der Waals surface area contributed by atoms with E-state index in [-0.39, 0.29) is 17.7 Å². The molecule has 0 saturated carbocycles. The number of hydrogen-bond donors (Lipinski definition) is 1. The van der Waals surface area contributed by atoms with Gasteiger partial charge in [0.1, 0.15) is 11.5 Å². The van der Waals surface area contributed by atoms with Crippen molar-refractivity contribution < 1.29 is 31.7 Å². The van der Waals surface area contributed by atoms with Crippen LogP contribution < -0.4 is 25.0 Å². The summed E-state index contributed by atoms with van der Waals surface area (Å²) in [7, 11) is -0.326. The number of carbonyl (C=O) groups excluding carboxylic acids is 2. The van der Waals surface area contributed by atoms with E-state index in [1.165, 1.54) is 4.90 Å². The van der Waals surface area contributed by atoms with Gasteiger partial charge in [-0.05, 0) is 91.2 Å². The molecular weight excluding hydrogens is 778 g/mol. The fraction of sp³-hybridized carbons (Fsp3) is 0.278. The van der Waals surface area contributed by atoms with Crippen LogP contribution in [0.15, 0.2) is 106 Å². The van der Waals surface area contributed by atoms with Gasteiger partial charge in [-0.1, -0.05) is 50.1 Å². The summed E-state index contributed by atoms with van der Waals surface area (Å²) < 4.78 is 38.9. The summed E-state index contributed by atoms with van der Waals surface area (Å²) in [5.74, 6) is 1.59. The molecule has 0 unspecified atom stereocenters. The topological polar surface area (TPSA) is 128 Å². The Labute approximate surface area is 304 Å². The predicted molar refractivity (Wildman–Crippen MR) is 200 cm³/mol. The number of carbonyl (C=O) groups is 2. The quantitative estimate of drug-likeness (QED) is 0.151. The van der Waals surface area contributed by atoms with E-state index in [2.05, 4.69) is 37.9 Å². The molecule has 6 rings (SSSR count). The molecule has 2 aliphatic heterocycles. The first-order valence-corrected chi connectivity index (χ1v) is 18.8. The fourth-order valence-corrected chi connectivity index (χ4v) is 6.49. The number of nitrogens with zero attached hydrogens (tertiary/aromatic N) is 2. The van der Waals surface area contributed by atoms with Crippen molar-refractivity contribution in [2.45, 2.75) is 25.4 Å². The lowest BCUT2D eigenvalue weighted by molar-refractivity contribution is -0.122. The second-order valence-electron chi connectivity index (χ2n) is 11.3. The molecule has 0 bridgehead atoms. The van der Waals surface area contributed by atoms with Gasteiger partial charge in [0.25, 0.3) is 16.0 Å². The van der Waals surface area contributed by atoms with Crippen molar-refractivity contribution in [1.82, 2.24) is 0 Å². The highest BCUT2D eigenvalue weighted by molar-refractivity contribution is 9.10. The van der Waals surface area contributed by atoms with Crippen LogP contribution in [0.1, 0.15) is 18.4 Å². The Morgan fingerprint density at radius 1 is 0.735 bits per heavy atom. The van der Waals surface area contributed by atoms with Crippen LogP contribution >= 0.6 is 31.9 Å². The molecule has 2 amide bonds. The SMILES string of the molecule is COc1cccc(C[C@@H]2CCN(c3ccc(Br)cc3)C2=O)c1.COc1cccc(N)c1.CS(=O)(=O)O[C@H]1CCN(c2ccc(Br)cc2)C1=O. The fourth-order valence-electron chi connectivity index (χ4n) is 5.36. The van der Waals surface area contributed by atoms with Crippen LogP contribution in [0.4, 0.5) is 17.1 Å². The number of benzene rings is 4. The number of hydrogen-bond acceptors (Lipinski definition) is 8. The normalized spacial score (nSPS) is 17.2. The third kappa shape index (κ3) is 11.3. The van der Waals surface area contributed by atoms with Crippen LogP contribution in [0.3, 0.4) is 0 Å². The van der Waals surface area contributed by atoms with Crippen LogP contribution in [-0.2, 0) is 30.3 Å². The molecule has 4 aromatic rings. The highest BCUT2D eigenvalue weighted by Gasteiger charge is 2.36. The zero-order valence-electron chi connectivity index (χ0n) is 27.4. The lowest BCUT2D eigenvalue weighted by Gasteiger charge is -2.17. The van der Waals surface area contributed by atoms with Crippen molar-refractivity contribution in [3.63, 3.8) is 0 Å². The largest absolute Gasteiger partial charge is 0.497 e. The molecule has 2 atom stereocenters. The molecule has 0 aromatic heterocycles. The van der Waals surface area contributed by atoms with Gasteiger partial charge < -0.3 is 25.0 Å². The van der Waals surface area contributed by atoms with Crippen molar-refractivity contribution in [3.8, 4) is 11.5 Å². The van der Waals surface area contributed by atoms with Crippen LogP contribution in [-0.4, -0.2) is 59.9 Å². The number of halogens is 2. The van der Waals surface area contributed by atoms with Crippen LogP contribution in [0.25, 0.3) is 0 Å². The minimum absolute atomic E-state index is 0.0516. The molecule has 4 aromatic carbocycles. The number of nitrogen functional groups attached to an aromatic ring is 1. The van der Waals surface area contributed by atoms with Gasteiger partial charge in [-0.3, -0.25) is 13.8 Å². The zero-order valence-corrected chi connectivity index (χ0v) is 31.4. The van der Waals surface area contributed by atoms with E-state index >= 15 is 0 Å². The Hall–Kier alpha value is -3.91. The molecule has 0 radical (unpaired) electrons. The summed E-state index contributed by atoms with van der Waals surface area (Å²) >= 11 is 6.74. The molecular formula is C36H39Br2N3O7S. The van der Waals surface area contributed by atoms with Crippen LogP contribution in [0, 0.1) is 5.92 Å². The number of anilines is 3. The Bertz CT molecular complexity index is 1820. The van der Waals surface area contributed by atoms with Gasteiger partial charge in [0, 0.05) is 57.5 Å². The summed E-state index contributed by atoms with van der Waals surface area (Å²) in [4.78, 5) is 28.0. The molecule has 2 N–H and O–H groups in total. The van der Waals surface area contributed by atoms with E-state index in [0.29, 0.717) is 13.0 Å². The van der Waals surface area contributed by atoms with Crippen molar-refractivity contribution >= 4 is 70.9 Å². The Morgan fingerprint density at radius 2 is 1.24 bits per heavy atom. The molecule has 2 fully saturated rings. The standard InChI is InChI=1S/C18H18BrNO2.C11H12BrNO4S.C7H9NO/c1-22-17-4-2-3-13(12-17)11-14-9-10-20(18(14)21)16-7-5-15(19)6-8-16;1-18(15,16)17-10-6-7-13(11(10)14)9-4-2-8(12)3-5-9;1-9-7-4-2-3-6(8)5-7/h2-8,12,14H,9-11H2,1H3;2-5,10H,6-7H2,1H3;2-5H,8H2,1H3/t14-;10-;/m00./s1. The Balaban J connectivity index is 0.000000180. The summed E-state index contributed by atoms with van der Waals surface area (Å²) in [6, 6.07) is 30.4. The first kappa shape index (κ1) is 37.9. The first-order chi connectivity index (χ1) is 23.4. The summed E-state index contributed by atoms with van der Waals surface area (Å²) in [6.45, 7) is 1.25. The van der Waals surface area contributed by atoms with E-state index < -0.39 is 16.2 Å². The maximum Gasteiger partial charge on any atom is 0.265 e. The summed E-state index contributed by atoms with van der Waals surface area (Å²) in [5, 5.41) is 0. The zero-order chi connectivity index (χ0) is 35.6. The molecule has 13 heteroatoms. The van der Waals surface area contributed by atoms with Gasteiger partial charge >= 0.3 is 0 Å². The van der Waals surface area contributed by atoms with Gasteiger partial charge in [0.05, 0.1) is 20.5 Å². The second kappa shape index (κ2) is 17.7. The highest BCUT2D eigenvalue weighted by Crippen LogP contribution is 2.29. The van der Waals surface area contributed by atoms with E-state index in [9.17, 15) is 18.0 Å². The number of rotatable bonds is 8. The molecule has 2 heterocycles. The van der Waals surface area contributed by atoms with Crippen molar-refractivity contribution in [3.05, 3.63) is 112 Å². The van der Waals surface area contributed by atoms with Crippen molar-refractivity contribution in [2.75, 3.05) is 49.1 Å². The lowest BCUT2D eigenvalue weighted by atomic mass is 9.98. The number of ether oxygens (including phenoxy) is 2. The number of nitrogens with two attached hydrogens (primary N) is 1. The lowest BCUT2D eigenvalue weighted by Crippen LogP contribution is -2.31. The summed E-state index contributed by atoms with van der Waals surface area (Å²) in [6.07, 6.45) is 2.09. The molecule has 10 nitrogen and oxygen atoms in total. The molecule has 0 spiro atoms. The van der Waals surface area contributed by atoms with Crippen LogP contribution in [0.2, 0.25) is 0 Å². The Kier molecular flexibility index (Phi) is 13.7. The average Bonchev–Trinajstić information content (AvgIpc) is 3.62. The minimum atomic E-state index is -3.61. The highest BCUT2D eigenvalue weighted by atomic mass is 79.9. The van der Waals surface area contributed by atoms with Gasteiger partial charge in [0.2, 0.25) is 5.91 Å². The van der Waals surface area contributed by atoms with Crippen molar-refractivity contribution in [1.29, 1.82) is 0 Å². The number of amides is 2. The maximum absolute atomic E-state index is 12.6. The van der Waals surface area contributed by atoms with Crippen molar-refractivity contribution in [2.24, 2.45) is 5.92 Å². The first-order valence-electron chi connectivity index (χ1n) is 15.4. The minimum Gasteiger partial charge on any atom is -0.497 e. The Morgan fingerprint density at radius 3 is 1.76 bits per heavy atom. The second-order valence-corrected chi connectivity index (χ2v) is 14.8. The monoisotopic (exact) mass is 815 g/mol. The smallest absolute Gasteiger partial charge is 0.265 e. The molecule has 2 aliphatic rings. The van der Waals surface area contributed by atoms with E-state index in [0.717, 1.165) is 68.7 Å². The average molecular weight is 818 g/mol. The van der Waals surface area contributed by atoms with E-state index in [1.54, 1.807) is 32.4 Å². The van der Waals surface area contributed by atoms with E-state index in [4.69, 9.17) is 19.4 Å². The third-order valence-electron chi connectivity index (χ3n) is 7.75.